The predicted octanol–water partition coefficient (Wildman–Crippen LogP) is 1.35. The van der Waals surface area contributed by atoms with Crippen molar-refractivity contribution in [1.82, 2.24) is 9.21 Å². The van der Waals surface area contributed by atoms with Crippen LogP contribution in [0.2, 0.25) is 0 Å². The largest absolute Gasteiger partial charge is 0.388 e. The summed E-state index contributed by atoms with van der Waals surface area (Å²) >= 11 is 0. The second-order valence-corrected chi connectivity index (χ2v) is 10.3. The highest BCUT2D eigenvalue weighted by atomic mass is 32.2. The fourth-order valence-corrected chi connectivity index (χ4v) is 5.74. The predicted molar refractivity (Wildman–Crippen MR) is 91.9 cm³/mol. The Hall–Kier alpha value is -0.660. The zero-order chi connectivity index (χ0) is 17.4. The second kappa shape index (κ2) is 6.57. The normalized spacial score (nSPS) is 27.8. The van der Waals surface area contributed by atoms with E-state index in [2.05, 4.69) is 0 Å². The molecule has 1 saturated carbocycles. The highest BCUT2D eigenvalue weighted by molar-refractivity contribution is 7.89. The summed E-state index contributed by atoms with van der Waals surface area (Å²) in [6.07, 6.45) is 7.35. The van der Waals surface area contributed by atoms with Gasteiger partial charge in [0.05, 0.1) is 11.4 Å². The number of piperidine rings is 1. The van der Waals surface area contributed by atoms with Crippen LogP contribution in [-0.4, -0.2) is 66.2 Å². The van der Waals surface area contributed by atoms with Crippen molar-refractivity contribution in [1.29, 1.82) is 0 Å². The molecule has 2 saturated heterocycles. The third-order valence-electron chi connectivity index (χ3n) is 6.22. The van der Waals surface area contributed by atoms with E-state index in [1.54, 1.807) is 6.92 Å². The molecule has 0 atom stereocenters. The van der Waals surface area contributed by atoms with Crippen molar-refractivity contribution in [2.24, 2.45) is 5.41 Å². The Balaban J connectivity index is 1.59. The average Bonchev–Trinajstić information content (AvgIpc) is 2.83. The third-order valence-corrected chi connectivity index (χ3v) is 8.10. The molecular weight excluding hydrogens is 328 g/mol. The van der Waals surface area contributed by atoms with Crippen LogP contribution in [0, 0.1) is 5.41 Å². The molecule has 0 bridgehead atoms. The van der Waals surface area contributed by atoms with Crippen LogP contribution in [0.3, 0.4) is 0 Å². The lowest BCUT2D eigenvalue weighted by atomic mass is 9.73. The first-order chi connectivity index (χ1) is 11.3. The molecule has 0 aromatic carbocycles. The Labute approximate surface area is 145 Å². The summed E-state index contributed by atoms with van der Waals surface area (Å²) in [5.41, 5.74) is -0.812. The molecule has 3 fully saturated rings. The Morgan fingerprint density at radius 1 is 1.08 bits per heavy atom. The van der Waals surface area contributed by atoms with Crippen molar-refractivity contribution in [2.45, 2.75) is 63.9 Å². The van der Waals surface area contributed by atoms with Crippen LogP contribution in [-0.2, 0) is 14.8 Å². The maximum absolute atomic E-state index is 12.4. The van der Waals surface area contributed by atoms with Crippen LogP contribution in [0.5, 0.6) is 0 Å². The van der Waals surface area contributed by atoms with Crippen molar-refractivity contribution < 1.29 is 18.3 Å². The summed E-state index contributed by atoms with van der Waals surface area (Å²) < 4.78 is 25.4. The van der Waals surface area contributed by atoms with Crippen LogP contribution in [0.4, 0.5) is 0 Å². The first-order valence-electron chi connectivity index (χ1n) is 9.26. The number of carbonyl (C=O) groups excluding carboxylic acids is 1. The minimum atomic E-state index is -3.19. The van der Waals surface area contributed by atoms with E-state index in [4.69, 9.17) is 0 Å². The fraction of sp³-hybridized carbons (Fsp3) is 0.941. The molecule has 138 valence electrons. The van der Waals surface area contributed by atoms with Gasteiger partial charge in [-0.2, -0.15) is 0 Å². The molecule has 3 aliphatic rings. The number of sulfonamides is 1. The Morgan fingerprint density at radius 2 is 1.71 bits per heavy atom. The van der Waals surface area contributed by atoms with Crippen molar-refractivity contribution >= 4 is 15.9 Å². The number of hydrogen-bond acceptors (Lipinski definition) is 4. The van der Waals surface area contributed by atoms with E-state index in [1.807, 2.05) is 4.90 Å². The van der Waals surface area contributed by atoms with Crippen molar-refractivity contribution in [3.8, 4) is 0 Å². The molecule has 1 N–H and O–H groups in total. The van der Waals surface area contributed by atoms with Crippen molar-refractivity contribution in [2.75, 3.05) is 31.9 Å². The SMILES string of the molecule is CCS(=O)(=O)N1CCC(O)(CN2CC3(CCCCC3)CC2=O)CC1. The molecule has 6 nitrogen and oxygen atoms in total. The van der Waals surface area contributed by atoms with Gasteiger partial charge in [0.1, 0.15) is 0 Å². The van der Waals surface area contributed by atoms with Gasteiger partial charge in [-0.05, 0) is 38.0 Å². The first kappa shape index (κ1) is 18.1. The average molecular weight is 359 g/mol. The van der Waals surface area contributed by atoms with Gasteiger partial charge in [-0.25, -0.2) is 12.7 Å². The highest BCUT2D eigenvalue weighted by Gasteiger charge is 2.46. The lowest BCUT2D eigenvalue weighted by molar-refractivity contribution is -0.132. The molecule has 2 heterocycles. The van der Waals surface area contributed by atoms with Gasteiger partial charge in [-0.3, -0.25) is 4.79 Å². The van der Waals surface area contributed by atoms with E-state index in [0.717, 1.165) is 19.4 Å². The van der Waals surface area contributed by atoms with Crippen LogP contribution >= 0.6 is 0 Å². The fourth-order valence-electron chi connectivity index (χ4n) is 4.64. The van der Waals surface area contributed by atoms with E-state index in [1.165, 1.54) is 23.6 Å². The molecular formula is C17H30N2O4S. The molecule has 24 heavy (non-hydrogen) atoms. The Bertz CT molecular complexity index is 575. The summed E-state index contributed by atoms with van der Waals surface area (Å²) in [6, 6.07) is 0. The van der Waals surface area contributed by atoms with E-state index in [9.17, 15) is 18.3 Å². The van der Waals surface area contributed by atoms with Gasteiger partial charge >= 0.3 is 0 Å². The molecule has 0 unspecified atom stereocenters. The zero-order valence-corrected chi connectivity index (χ0v) is 15.5. The number of carbonyl (C=O) groups is 1. The van der Waals surface area contributed by atoms with Crippen LogP contribution in [0.1, 0.15) is 58.3 Å². The number of β-amino-alcohol motifs (C(OH)–C–C–N with tert-alkyl or cyclic N) is 1. The second-order valence-electron chi connectivity index (χ2n) is 8.01. The van der Waals surface area contributed by atoms with Crippen molar-refractivity contribution in [3.05, 3.63) is 0 Å². The van der Waals surface area contributed by atoms with Crippen LogP contribution in [0.15, 0.2) is 0 Å². The molecule has 0 aromatic rings. The van der Waals surface area contributed by atoms with Gasteiger partial charge in [0.2, 0.25) is 15.9 Å². The van der Waals surface area contributed by atoms with Gasteiger partial charge in [0, 0.05) is 32.6 Å². The minimum Gasteiger partial charge on any atom is -0.388 e. The number of nitrogens with zero attached hydrogens (tertiary/aromatic N) is 2. The van der Waals surface area contributed by atoms with Crippen molar-refractivity contribution in [3.63, 3.8) is 0 Å². The summed E-state index contributed by atoms with van der Waals surface area (Å²) in [5, 5.41) is 10.9. The Morgan fingerprint density at radius 3 is 2.29 bits per heavy atom. The third kappa shape index (κ3) is 3.63. The number of likely N-dealkylation sites (tertiary alicyclic amines) is 1. The molecule has 2 aliphatic heterocycles. The molecule has 1 spiro atoms. The zero-order valence-electron chi connectivity index (χ0n) is 14.7. The van der Waals surface area contributed by atoms with E-state index in [-0.39, 0.29) is 17.1 Å². The van der Waals surface area contributed by atoms with Crippen LogP contribution in [0.25, 0.3) is 0 Å². The number of aliphatic hydroxyl groups is 1. The monoisotopic (exact) mass is 358 g/mol. The minimum absolute atomic E-state index is 0.0958. The topological polar surface area (TPSA) is 77.9 Å². The van der Waals surface area contributed by atoms with Gasteiger partial charge < -0.3 is 10.0 Å². The lowest BCUT2D eigenvalue weighted by Gasteiger charge is -2.40. The van der Waals surface area contributed by atoms with Crippen LogP contribution < -0.4 is 0 Å². The highest BCUT2D eigenvalue weighted by Crippen LogP contribution is 2.44. The quantitative estimate of drug-likeness (QED) is 0.823. The maximum atomic E-state index is 12.4. The molecule has 0 radical (unpaired) electrons. The van der Waals surface area contributed by atoms with Gasteiger partial charge in [-0.15, -0.1) is 0 Å². The lowest BCUT2D eigenvalue weighted by Crippen LogP contribution is -2.52. The molecule has 0 aromatic heterocycles. The molecule has 1 amide bonds. The maximum Gasteiger partial charge on any atom is 0.223 e. The summed E-state index contributed by atoms with van der Waals surface area (Å²) in [4.78, 5) is 14.3. The van der Waals surface area contributed by atoms with Gasteiger partial charge in [0.25, 0.3) is 0 Å². The van der Waals surface area contributed by atoms with E-state index >= 15 is 0 Å². The smallest absolute Gasteiger partial charge is 0.223 e. The molecule has 3 rings (SSSR count). The number of rotatable bonds is 4. The Kier molecular flexibility index (Phi) is 4.97. The standard InChI is InChI=1S/C17H30N2O4S/c1-2-24(22,23)19-10-8-17(21,9-11-19)14-18-13-16(12-15(18)20)6-4-3-5-7-16/h21H,2-14H2,1H3. The number of hydrogen-bond donors (Lipinski definition) is 1. The summed E-state index contributed by atoms with van der Waals surface area (Å²) in [5.74, 6) is 0.257. The molecule has 1 aliphatic carbocycles. The van der Waals surface area contributed by atoms with Gasteiger partial charge in [-0.1, -0.05) is 19.3 Å². The first-order valence-corrected chi connectivity index (χ1v) is 10.9. The molecule has 7 heteroatoms. The number of amides is 1. The summed E-state index contributed by atoms with van der Waals surface area (Å²) in [6.45, 7) is 3.46. The van der Waals surface area contributed by atoms with E-state index < -0.39 is 15.6 Å². The van der Waals surface area contributed by atoms with E-state index in [0.29, 0.717) is 38.9 Å². The van der Waals surface area contributed by atoms with Gasteiger partial charge in [0.15, 0.2) is 0 Å². The summed E-state index contributed by atoms with van der Waals surface area (Å²) in [7, 11) is -3.19.